The van der Waals surface area contributed by atoms with Crippen molar-refractivity contribution in [3.05, 3.63) is 12.2 Å². The number of allylic oxidation sites excluding steroid dienone is 2. The molecule has 0 saturated carbocycles. The third-order valence-electron chi connectivity index (χ3n) is 2.16. The molecule has 0 amide bonds. The highest BCUT2D eigenvalue weighted by atomic mass is 16.1. The fraction of sp³-hybridized carbons (Fsp3) is 0.667. The Morgan fingerprint density at radius 3 is 2.57 bits per heavy atom. The molecule has 2 heteroatoms. The van der Waals surface area contributed by atoms with E-state index in [2.05, 4.69) is 6.92 Å². The minimum Gasteiger partial charge on any atom is -0.294 e. The van der Waals surface area contributed by atoms with Crippen LogP contribution in [0.25, 0.3) is 0 Å². The molecule has 1 atom stereocenters. The van der Waals surface area contributed by atoms with E-state index in [-0.39, 0.29) is 5.78 Å². The molecule has 0 rings (SSSR count). The summed E-state index contributed by atoms with van der Waals surface area (Å²) in [4.78, 5) is 21.8. The molecule has 14 heavy (non-hydrogen) atoms. The largest absolute Gasteiger partial charge is 0.294 e. The van der Waals surface area contributed by atoms with Gasteiger partial charge in [-0.3, -0.25) is 9.59 Å². The van der Waals surface area contributed by atoms with Crippen LogP contribution < -0.4 is 0 Å². The van der Waals surface area contributed by atoms with Gasteiger partial charge in [0.1, 0.15) is 0 Å². The van der Waals surface area contributed by atoms with E-state index in [9.17, 15) is 9.59 Å². The molecule has 0 aliphatic heterocycles. The zero-order chi connectivity index (χ0) is 10.8. The Hall–Kier alpha value is -0.920. The third kappa shape index (κ3) is 5.68. The molecule has 79 valence electrons. The van der Waals surface area contributed by atoms with Crippen molar-refractivity contribution in [3.8, 4) is 0 Å². The van der Waals surface area contributed by atoms with Gasteiger partial charge < -0.3 is 0 Å². The Morgan fingerprint density at radius 2 is 2.07 bits per heavy atom. The maximum Gasteiger partial charge on any atom is 0.209 e. The van der Waals surface area contributed by atoms with E-state index >= 15 is 0 Å². The number of rotatable bonds is 8. The van der Waals surface area contributed by atoms with Crippen LogP contribution in [0.15, 0.2) is 12.2 Å². The second kappa shape index (κ2) is 8.67. The van der Waals surface area contributed by atoms with Gasteiger partial charge in [0, 0.05) is 0 Å². The molecule has 0 saturated heterocycles. The highest BCUT2D eigenvalue weighted by Gasteiger charge is 2.14. The van der Waals surface area contributed by atoms with E-state index in [0.29, 0.717) is 6.42 Å². The first-order valence-electron chi connectivity index (χ1n) is 5.30. The van der Waals surface area contributed by atoms with E-state index in [4.69, 9.17) is 0 Å². The van der Waals surface area contributed by atoms with Crippen LogP contribution in [0.1, 0.15) is 46.0 Å². The minimum atomic E-state index is -0.539. The van der Waals surface area contributed by atoms with Gasteiger partial charge in [-0.1, -0.05) is 38.7 Å². The van der Waals surface area contributed by atoms with Crippen molar-refractivity contribution < 1.29 is 9.59 Å². The van der Waals surface area contributed by atoms with Crippen LogP contribution in [-0.2, 0) is 9.59 Å². The van der Waals surface area contributed by atoms with E-state index in [1.165, 1.54) is 12.5 Å². The minimum absolute atomic E-state index is 0.112. The summed E-state index contributed by atoms with van der Waals surface area (Å²) in [6.45, 7) is 3.91. The van der Waals surface area contributed by atoms with Gasteiger partial charge in [-0.15, -0.1) is 0 Å². The number of carbonyl (C=O) groups is 1. The van der Waals surface area contributed by atoms with Crippen molar-refractivity contribution in [1.29, 1.82) is 0 Å². The average molecular weight is 195 g/mol. The molecule has 0 aromatic heterocycles. The van der Waals surface area contributed by atoms with Crippen molar-refractivity contribution in [3.63, 3.8) is 0 Å². The summed E-state index contributed by atoms with van der Waals surface area (Å²) >= 11 is 0. The summed E-state index contributed by atoms with van der Waals surface area (Å²) in [5.41, 5.74) is 0. The van der Waals surface area contributed by atoms with Crippen molar-refractivity contribution >= 4 is 12.1 Å². The summed E-state index contributed by atoms with van der Waals surface area (Å²) in [6, 6.07) is 0. The van der Waals surface area contributed by atoms with Crippen LogP contribution in [0.4, 0.5) is 0 Å². The summed E-state index contributed by atoms with van der Waals surface area (Å²) in [5.74, 6) is -0.651. The van der Waals surface area contributed by atoms with Gasteiger partial charge >= 0.3 is 0 Å². The first-order chi connectivity index (χ1) is 6.76. The normalized spacial score (nSPS) is 13.0. The highest BCUT2D eigenvalue weighted by Crippen LogP contribution is 2.10. The number of ketones is 1. The molecular weight excluding hydrogens is 176 g/mol. The quantitative estimate of drug-likeness (QED) is 0.339. The molecule has 0 aromatic rings. The second-order valence-electron chi connectivity index (χ2n) is 3.42. The Labute approximate surface area is 86.4 Å². The number of unbranched alkanes of at least 4 members (excludes halogenated alkanes) is 3. The van der Waals surface area contributed by atoms with Crippen LogP contribution in [0, 0.1) is 5.92 Å². The molecule has 0 N–H and O–H groups in total. The van der Waals surface area contributed by atoms with Crippen molar-refractivity contribution in [2.75, 3.05) is 0 Å². The molecular formula is C12H19O2. The van der Waals surface area contributed by atoms with E-state index < -0.39 is 5.92 Å². The molecule has 0 fully saturated rings. The number of hydrogen-bond donors (Lipinski definition) is 0. The number of hydrogen-bond acceptors (Lipinski definition) is 2. The zero-order valence-electron chi connectivity index (χ0n) is 9.08. The highest BCUT2D eigenvalue weighted by molar-refractivity contribution is 6.00. The maximum atomic E-state index is 11.3. The maximum absolute atomic E-state index is 11.3. The summed E-state index contributed by atoms with van der Waals surface area (Å²) in [7, 11) is 0. The average Bonchev–Trinajstić information content (AvgIpc) is 2.18. The van der Waals surface area contributed by atoms with Crippen LogP contribution in [-0.4, -0.2) is 12.1 Å². The fourth-order valence-corrected chi connectivity index (χ4v) is 1.31. The molecule has 1 radical (unpaired) electrons. The van der Waals surface area contributed by atoms with E-state index in [0.717, 1.165) is 19.3 Å². The lowest BCUT2D eigenvalue weighted by Crippen LogP contribution is -2.13. The second-order valence-corrected chi connectivity index (χ2v) is 3.42. The first-order valence-corrected chi connectivity index (χ1v) is 5.30. The summed E-state index contributed by atoms with van der Waals surface area (Å²) < 4.78 is 0. The number of carbonyl (C=O) groups excluding carboxylic acids is 2. The zero-order valence-corrected chi connectivity index (χ0v) is 9.08. The van der Waals surface area contributed by atoms with Gasteiger partial charge in [0.15, 0.2) is 5.78 Å². The smallest absolute Gasteiger partial charge is 0.209 e. The van der Waals surface area contributed by atoms with Gasteiger partial charge in [-0.05, 0) is 19.4 Å². The summed E-state index contributed by atoms with van der Waals surface area (Å²) in [6.07, 6.45) is 9.95. The van der Waals surface area contributed by atoms with Gasteiger partial charge in [0.2, 0.25) is 6.29 Å². The molecule has 0 heterocycles. The molecule has 0 aliphatic rings. The predicted octanol–water partition coefficient (Wildman–Crippen LogP) is 2.83. The molecule has 0 spiro atoms. The van der Waals surface area contributed by atoms with Gasteiger partial charge in [-0.2, -0.15) is 0 Å². The molecule has 1 unspecified atom stereocenters. The predicted molar refractivity (Wildman–Crippen MR) is 57.8 cm³/mol. The lowest BCUT2D eigenvalue weighted by Gasteiger charge is -2.04. The first kappa shape index (κ1) is 13.1. The molecule has 2 nitrogen and oxygen atoms in total. The van der Waals surface area contributed by atoms with Gasteiger partial charge in [0.05, 0.1) is 5.92 Å². The van der Waals surface area contributed by atoms with Crippen LogP contribution in [0.3, 0.4) is 0 Å². The van der Waals surface area contributed by atoms with Crippen molar-refractivity contribution in [1.82, 2.24) is 0 Å². The molecule has 0 bridgehead atoms. The van der Waals surface area contributed by atoms with Gasteiger partial charge in [-0.25, -0.2) is 0 Å². The fourth-order valence-electron chi connectivity index (χ4n) is 1.31. The summed E-state index contributed by atoms with van der Waals surface area (Å²) in [5, 5.41) is 0. The Kier molecular flexibility index (Phi) is 8.10. The molecule has 0 aliphatic carbocycles. The standard InChI is InChI=1S/C12H19O2/c1-3-5-6-7-9-11(10-13)12(14)8-4-2/h4,8,11H,3,5-7,9H2,1-2H3/b8-4+. The lowest BCUT2D eigenvalue weighted by atomic mass is 9.97. The third-order valence-corrected chi connectivity index (χ3v) is 2.16. The monoisotopic (exact) mass is 195 g/mol. The Bertz CT molecular complexity index is 194. The SMILES string of the molecule is C/C=C/C(=O)C([C]=O)CCCCCC. The molecule has 0 aromatic carbocycles. The van der Waals surface area contributed by atoms with Crippen molar-refractivity contribution in [2.24, 2.45) is 5.92 Å². The lowest BCUT2D eigenvalue weighted by molar-refractivity contribution is -0.116. The van der Waals surface area contributed by atoms with Crippen LogP contribution in [0.5, 0.6) is 0 Å². The van der Waals surface area contributed by atoms with Crippen molar-refractivity contribution in [2.45, 2.75) is 46.0 Å². The Balaban J connectivity index is 3.79. The van der Waals surface area contributed by atoms with Crippen LogP contribution >= 0.6 is 0 Å². The van der Waals surface area contributed by atoms with Crippen LogP contribution in [0.2, 0.25) is 0 Å². The topological polar surface area (TPSA) is 34.1 Å². The van der Waals surface area contributed by atoms with E-state index in [1.54, 1.807) is 13.0 Å². The Morgan fingerprint density at radius 1 is 1.36 bits per heavy atom. The van der Waals surface area contributed by atoms with E-state index in [1.807, 2.05) is 6.29 Å². The van der Waals surface area contributed by atoms with Gasteiger partial charge in [0.25, 0.3) is 0 Å².